The number of nitrogens with one attached hydrogen (secondary N) is 1. The van der Waals surface area contributed by atoms with Gasteiger partial charge in [-0.05, 0) is 69.1 Å². The van der Waals surface area contributed by atoms with Crippen LogP contribution in [0.5, 0.6) is 11.5 Å². The standard InChI is InChI=1S/C35H49N5O3/c1-8-34(37-26(5)22-25(3)4)36-17-11-14-30(27-15-16-32(42-6)33(23-27)43-7)40-24-29-28(35(40)41)12-10-13-31(29)39-20-18-38(9-2)19-21-39/h10,12-13,15-16,22-23,30H,3,8-9,11,14,17-21,24H2,1-2,4-7H3,(H,36,37)/b26-22-/t30-/m1/s1. The van der Waals surface area contributed by atoms with Crippen LogP contribution >= 0.6 is 0 Å². The molecule has 8 heteroatoms. The average molecular weight is 588 g/mol. The van der Waals surface area contributed by atoms with Crippen molar-refractivity contribution in [3.8, 4) is 11.5 Å². The molecule has 4 rings (SSSR count). The van der Waals surface area contributed by atoms with E-state index in [1.807, 2.05) is 49.1 Å². The fourth-order valence-electron chi connectivity index (χ4n) is 6.13. The number of nitrogens with zero attached hydrogens (tertiary/aromatic N) is 4. The van der Waals surface area contributed by atoms with E-state index in [4.69, 9.17) is 14.5 Å². The number of hydrogen-bond acceptors (Lipinski definition) is 6. The maximum Gasteiger partial charge on any atom is 0.255 e. The van der Waals surface area contributed by atoms with E-state index in [-0.39, 0.29) is 11.9 Å². The Hall–Kier alpha value is -3.78. The molecule has 0 aliphatic carbocycles. The number of likely N-dealkylation sites (N-methyl/N-ethyl adjacent to an activating group) is 1. The minimum absolute atomic E-state index is 0.0909. The molecule has 43 heavy (non-hydrogen) atoms. The Kier molecular flexibility index (Phi) is 11.3. The zero-order valence-corrected chi connectivity index (χ0v) is 26.9. The molecule has 0 bridgehead atoms. The minimum Gasteiger partial charge on any atom is -0.493 e. The first-order valence-corrected chi connectivity index (χ1v) is 15.6. The SMILES string of the molecule is C=C(C)/C=C(C)\N=C(/CC)NCCC[C@H](c1ccc(OC)c(OC)c1)N1Cc2c(cccc2N2CCN(CC)CC2)C1=O. The third-order valence-corrected chi connectivity index (χ3v) is 8.38. The maximum atomic E-state index is 14.0. The maximum absolute atomic E-state index is 14.0. The highest BCUT2D eigenvalue weighted by atomic mass is 16.5. The van der Waals surface area contributed by atoms with Crippen molar-refractivity contribution in [3.63, 3.8) is 0 Å². The number of carbonyl (C=O) groups is 1. The molecule has 2 aliphatic heterocycles. The zero-order chi connectivity index (χ0) is 30.9. The lowest BCUT2D eigenvalue weighted by Gasteiger charge is -2.36. The fraction of sp³-hybridized carbons (Fsp3) is 0.486. The van der Waals surface area contributed by atoms with Gasteiger partial charge < -0.3 is 29.5 Å². The number of amides is 1. The lowest BCUT2D eigenvalue weighted by atomic mass is 9.99. The normalized spacial score (nSPS) is 16.7. The highest BCUT2D eigenvalue weighted by Gasteiger charge is 2.36. The first-order chi connectivity index (χ1) is 20.8. The molecule has 1 saturated heterocycles. The number of hydrogen-bond donors (Lipinski definition) is 1. The van der Waals surface area contributed by atoms with Gasteiger partial charge in [0.1, 0.15) is 5.84 Å². The van der Waals surface area contributed by atoms with Gasteiger partial charge in [0.15, 0.2) is 11.5 Å². The molecule has 2 aliphatic rings. The number of amidine groups is 1. The third kappa shape index (κ3) is 7.79. The van der Waals surface area contributed by atoms with Crippen molar-refractivity contribution >= 4 is 17.4 Å². The summed E-state index contributed by atoms with van der Waals surface area (Å²) >= 11 is 0. The van der Waals surface area contributed by atoms with Crippen LogP contribution < -0.4 is 19.7 Å². The Balaban J connectivity index is 1.56. The molecule has 0 saturated carbocycles. The molecular formula is C35H49N5O3. The minimum atomic E-state index is -0.113. The monoisotopic (exact) mass is 587 g/mol. The second kappa shape index (κ2) is 15.1. The number of benzene rings is 2. The Labute approximate surface area is 258 Å². The number of carbonyl (C=O) groups excluding carboxylic acids is 1. The predicted octanol–water partition coefficient (Wildman–Crippen LogP) is 6.20. The predicted molar refractivity (Wildman–Crippen MR) is 176 cm³/mol. The van der Waals surface area contributed by atoms with Gasteiger partial charge >= 0.3 is 0 Å². The van der Waals surface area contributed by atoms with E-state index < -0.39 is 0 Å². The Morgan fingerprint density at radius 2 is 1.81 bits per heavy atom. The van der Waals surface area contributed by atoms with Crippen LogP contribution in [0.1, 0.15) is 74.5 Å². The number of fused-ring (bicyclic) bond motifs is 1. The number of allylic oxidation sites excluding steroid dienone is 3. The van der Waals surface area contributed by atoms with Gasteiger partial charge in [-0.1, -0.05) is 38.1 Å². The second-order valence-corrected chi connectivity index (χ2v) is 11.4. The van der Waals surface area contributed by atoms with Gasteiger partial charge in [-0.25, -0.2) is 4.99 Å². The van der Waals surface area contributed by atoms with Gasteiger partial charge in [0.2, 0.25) is 0 Å². The number of methoxy groups -OCH3 is 2. The van der Waals surface area contributed by atoms with Crippen molar-refractivity contribution in [2.75, 3.05) is 58.4 Å². The molecule has 0 radical (unpaired) electrons. The third-order valence-electron chi connectivity index (χ3n) is 8.38. The van der Waals surface area contributed by atoms with Crippen LogP contribution in [-0.4, -0.2) is 75.0 Å². The van der Waals surface area contributed by atoms with Crippen LogP contribution in [0.15, 0.2) is 65.3 Å². The highest BCUT2D eigenvalue weighted by Crippen LogP contribution is 2.40. The van der Waals surface area contributed by atoms with Crippen molar-refractivity contribution in [2.45, 2.75) is 59.5 Å². The van der Waals surface area contributed by atoms with Crippen molar-refractivity contribution in [1.82, 2.24) is 15.1 Å². The largest absolute Gasteiger partial charge is 0.493 e. The van der Waals surface area contributed by atoms with Crippen LogP contribution in [-0.2, 0) is 6.54 Å². The molecule has 1 amide bonds. The van der Waals surface area contributed by atoms with Gasteiger partial charge in [0.05, 0.1) is 20.3 Å². The van der Waals surface area contributed by atoms with Gasteiger partial charge in [-0.3, -0.25) is 4.79 Å². The number of piperazine rings is 1. The second-order valence-electron chi connectivity index (χ2n) is 11.4. The van der Waals surface area contributed by atoms with Crippen LogP contribution in [0.25, 0.3) is 0 Å². The molecule has 2 aromatic rings. The summed E-state index contributed by atoms with van der Waals surface area (Å²) in [5.41, 5.74) is 6.12. The van der Waals surface area contributed by atoms with Crippen molar-refractivity contribution in [2.24, 2.45) is 4.99 Å². The van der Waals surface area contributed by atoms with Crippen molar-refractivity contribution in [3.05, 3.63) is 77.0 Å². The topological polar surface area (TPSA) is 69.6 Å². The average Bonchev–Trinajstić information content (AvgIpc) is 3.35. The van der Waals surface area contributed by atoms with E-state index in [0.29, 0.717) is 18.0 Å². The van der Waals surface area contributed by atoms with E-state index >= 15 is 0 Å². The number of ether oxygens (including phenoxy) is 2. The summed E-state index contributed by atoms with van der Waals surface area (Å²) in [5, 5.41) is 3.52. The first kappa shape index (κ1) is 32.1. The summed E-state index contributed by atoms with van der Waals surface area (Å²) in [7, 11) is 3.29. The van der Waals surface area contributed by atoms with E-state index in [1.54, 1.807) is 14.2 Å². The summed E-state index contributed by atoms with van der Waals surface area (Å²) in [5.74, 6) is 2.39. The Morgan fingerprint density at radius 3 is 2.47 bits per heavy atom. The van der Waals surface area contributed by atoms with Crippen molar-refractivity contribution in [1.29, 1.82) is 0 Å². The van der Waals surface area contributed by atoms with E-state index in [0.717, 1.165) is 92.3 Å². The molecule has 2 aromatic carbocycles. The van der Waals surface area contributed by atoms with Crippen LogP contribution in [0.3, 0.4) is 0 Å². The van der Waals surface area contributed by atoms with E-state index in [9.17, 15) is 4.79 Å². The quantitative estimate of drug-likeness (QED) is 0.130. The molecule has 1 atom stereocenters. The number of aliphatic imine (C=N–C) groups is 1. The van der Waals surface area contributed by atoms with Crippen LogP contribution in [0.4, 0.5) is 5.69 Å². The fourth-order valence-corrected chi connectivity index (χ4v) is 6.13. The van der Waals surface area contributed by atoms with Gasteiger partial charge in [0.25, 0.3) is 5.91 Å². The van der Waals surface area contributed by atoms with Gasteiger partial charge in [-0.15, -0.1) is 0 Å². The van der Waals surface area contributed by atoms with Gasteiger partial charge in [0, 0.05) is 68.2 Å². The van der Waals surface area contributed by atoms with Crippen LogP contribution in [0.2, 0.25) is 0 Å². The lowest BCUT2D eigenvalue weighted by Crippen LogP contribution is -2.46. The summed E-state index contributed by atoms with van der Waals surface area (Å²) in [4.78, 5) is 25.7. The number of rotatable bonds is 13. The molecular weight excluding hydrogens is 538 g/mol. The summed E-state index contributed by atoms with van der Waals surface area (Å²) in [6, 6.07) is 12.1. The molecule has 0 aromatic heterocycles. The first-order valence-electron chi connectivity index (χ1n) is 15.6. The molecule has 2 heterocycles. The smallest absolute Gasteiger partial charge is 0.255 e. The molecule has 8 nitrogen and oxygen atoms in total. The van der Waals surface area contributed by atoms with E-state index in [2.05, 4.69) is 47.7 Å². The molecule has 0 spiro atoms. The van der Waals surface area contributed by atoms with E-state index in [1.165, 1.54) is 5.69 Å². The molecule has 232 valence electrons. The summed E-state index contributed by atoms with van der Waals surface area (Å²) in [6.45, 7) is 18.7. The summed E-state index contributed by atoms with van der Waals surface area (Å²) < 4.78 is 11.2. The molecule has 1 fully saturated rings. The van der Waals surface area contributed by atoms with Gasteiger partial charge in [-0.2, -0.15) is 0 Å². The lowest BCUT2D eigenvalue weighted by molar-refractivity contribution is 0.0689. The molecule has 0 unspecified atom stereocenters. The Bertz CT molecular complexity index is 1340. The zero-order valence-electron chi connectivity index (χ0n) is 26.9. The number of anilines is 1. The molecule has 1 N–H and O–H groups in total. The van der Waals surface area contributed by atoms with Crippen molar-refractivity contribution < 1.29 is 14.3 Å². The highest BCUT2D eigenvalue weighted by molar-refractivity contribution is 6.00. The van der Waals surface area contributed by atoms with Crippen LogP contribution in [0, 0.1) is 0 Å². The summed E-state index contributed by atoms with van der Waals surface area (Å²) in [6.07, 6.45) is 4.46. The Morgan fingerprint density at radius 1 is 1.07 bits per heavy atom.